The van der Waals surface area contributed by atoms with Crippen molar-refractivity contribution in [3.8, 4) is 11.5 Å². The Hall–Kier alpha value is -1.71. The highest BCUT2D eigenvalue weighted by molar-refractivity contribution is 5.83. The second kappa shape index (κ2) is 5.11. The average Bonchev–Trinajstić information content (AvgIpc) is 2.88. The minimum atomic E-state index is -0.827. The third-order valence-corrected chi connectivity index (χ3v) is 4.10. The zero-order chi connectivity index (χ0) is 14.0. The van der Waals surface area contributed by atoms with E-state index < -0.39 is 11.4 Å². The number of carboxylic acid groups (broad SMARTS) is 1. The third-order valence-electron chi connectivity index (χ3n) is 4.10. The Morgan fingerprint density at radius 1 is 1.16 bits per heavy atom. The number of rotatable bonds is 4. The van der Waals surface area contributed by atoms with E-state index in [0.29, 0.717) is 24.3 Å². The molecule has 4 nitrogen and oxygen atoms in total. The predicted octanol–water partition coefficient (Wildman–Crippen LogP) is 2.91. The van der Waals surface area contributed by atoms with E-state index in [0.717, 1.165) is 24.0 Å². The van der Waals surface area contributed by atoms with Gasteiger partial charge in [0.15, 0.2) is 11.5 Å². The largest absolute Gasteiger partial charge is 0.493 e. The highest BCUT2D eigenvalue weighted by Crippen LogP contribution is 2.48. The van der Waals surface area contributed by atoms with Crippen LogP contribution in [0.4, 0.5) is 0 Å². The van der Waals surface area contributed by atoms with Crippen molar-refractivity contribution in [3.05, 3.63) is 23.3 Å². The average molecular weight is 264 g/mol. The molecule has 0 spiro atoms. The van der Waals surface area contributed by atoms with Crippen LogP contribution in [-0.2, 0) is 10.2 Å². The number of aryl methyl sites for hydroxylation is 1. The van der Waals surface area contributed by atoms with Gasteiger partial charge in [-0.3, -0.25) is 4.79 Å². The van der Waals surface area contributed by atoms with Crippen LogP contribution in [0.3, 0.4) is 0 Å². The SMILES string of the molecule is COc1c(C)ccc(C2(C(=O)O)CCCC2)c1OC. The lowest BCUT2D eigenvalue weighted by molar-refractivity contribution is -0.143. The molecule has 4 heteroatoms. The number of aliphatic carboxylic acids is 1. The van der Waals surface area contributed by atoms with Crippen LogP contribution >= 0.6 is 0 Å². The van der Waals surface area contributed by atoms with E-state index in [2.05, 4.69) is 0 Å². The van der Waals surface area contributed by atoms with Crippen LogP contribution in [0.15, 0.2) is 12.1 Å². The van der Waals surface area contributed by atoms with Crippen molar-refractivity contribution >= 4 is 5.97 Å². The second-order valence-electron chi connectivity index (χ2n) is 5.09. The molecule has 0 radical (unpaired) electrons. The van der Waals surface area contributed by atoms with E-state index in [9.17, 15) is 9.90 Å². The smallest absolute Gasteiger partial charge is 0.314 e. The molecule has 1 fully saturated rings. The van der Waals surface area contributed by atoms with Crippen LogP contribution in [0, 0.1) is 6.92 Å². The quantitative estimate of drug-likeness (QED) is 0.908. The summed E-state index contributed by atoms with van der Waals surface area (Å²) in [5.74, 6) is 0.425. The Morgan fingerprint density at radius 2 is 1.74 bits per heavy atom. The lowest BCUT2D eigenvalue weighted by Crippen LogP contribution is -2.33. The Balaban J connectivity index is 2.64. The van der Waals surface area contributed by atoms with E-state index in [4.69, 9.17) is 9.47 Å². The summed E-state index contributed by atoms with van der Waals surface area (Å²) in [5.41, 5.74) is 0.857. The van der Waals surface area contributed by atoms with E-state index in [1.807, 2.05) is 19.1 Å². The molecule has 0 amide bonds. The number of methoxy groups -OCH3 is 2. The van der Waals surface area contributed by atoms with Gasteiger partial charge in [0.1, 0.15) is 0 Å². The van der Waals surface area contributed by atoms with Gasteiger partial charge in [0.05, 0.1) is 19.6 Å². The van der Waals surface area contributed by atoms with Crippen molar-refractivity contribution in [3.63, 3.8) is 0 Å². The van der Waals surface area contributed by atoms with Gasteiger partial charge in [-0.1, -0.05) is 25.0 Å². The molecular weight excluding hydrogens is 244 g/mol. The van der Waals surface area contributed by atoms with Crippen molar-refractivity contribution in [1.82, 2.24) is 0 Å². The number of hydrogen-bond acceptors (Lipinski definition) is 3. The van der Waals surface area contributed by atoms with Crippen molar-refractivity contribution < 1.29 is 19.4 Å². The van der Waals surface area contributed by atoms with Crippen LogP contribution in [0.1, 0.15) is 36.8 Å². The Morgan fingerprint density at radius 3 is 2.21 bits per heavy atom. The van der Waals surface area contributed by atoms with Gasteiger partial charge >= 0.3 is 5.97 Å². The molecular formula is C15H20O4. The van der Waals surface area contributed by atoms with Gasteiger partial charge in [0.25, 0.3) is 0 Å². The van der Waals surface area contributed by atoms with Gasteiger partial charge in [-0.2, -0.15) is 0 Å². The van der Waals surface area contributed by atoms with Gasteiger partial charge in [-0.15, -0.1) is 0 Å². The van der Waals surface area contributed by atoms with Gasteiger partial charge in [0, 0.05) is 5.56 Å². The maximum atomic E-state index is 11.8. The highest BCUT2D eigenvalue weighted by Gasteiger charge is 2.45. The topological polar surface area (TPSA) is 55.8 Å². The van der Waals surface area contributed by atoms with Gasteiger partial charge in [0.2, 0.25) is 0 Å². The van der Waals surface area contributed by atoms with Gasteiger partial charge < -0.3 is 14.6 Å². The first-order valence-corrected chi connectivity index (χ1v) is 6.52. The second-order valence-corrected chi connectivity index (χ2v) is 5.09. The van der Waals surface area contributed by atoms with E-state index in [1.165, 1.54) is 0 Å². The number of hydrogen-bond donors (Lipinski definition) is 1. The zero-order valence-electron chi connectivity index (χ0n) is 11.7. The molecule has 104 valence electrons. The molecule has 0 aliphatic heterocycles. The molecule has 1 aromatic carbocycles. The van der Waals surface area contributed by atoms with Crippen LogP contribution in [0.25, 0.3) is 0 Å². The molecule has 1 aliphatic carbocycles. The molecule has 1 saturated carbocycles. The molecule has 0 bridgehead atoms. The predicted molar refractivity (Wildman–Crippen MR) is 72.1 cm³/mol. The van der Waals surface area contributed by atoms with E-state index in [1.54, 1.807) is 14.2 Å². The number of ether oxygens (including phenoxy) is 2. The fourth-order valence-corrected chi connectivity index (χ4v) is 3.07. The fourth-order valence-electron chi connectivity index (χ4n) is 3.07. The zero-order valence-corrected chi connectivity index (χ0v) is 11.7. The van der Waals surface area contributed by atoms with Crippen molar-refractivity contribution in [1.29, 1.82) is 0 Å². The number of carbonyl (C=O) groups is 1. The molecule has 1 aromatic rings. The van der Waals surface area contributed by atoms with E-state index >= 15 is 0 Å². The molecule has 0 aromatic heterocycles. The maximum Gasteiger partial charge on any atom is 0.314 e. The first kappa shape index (κ1) is 13.7. The van der Waals surface area contributed by atoms with Crippen LogP contribution in [0.2, 0.25) is 0 Å². The number of carboxylic acids is 1. The van der Waals surface area contributed by atoms with Crippen molar-refractivity contribution in [2.24, 2.45) is 0 Å². The summed E-state index contributed by atoms with van der Waals surface area (Å²) < 4.78 is 10.8. The van der Waals surface area contributed by atoms with Gasteiger partial charge in [-0.05, 0) is 25.3 Å². The lowest BCUT2D eigenvalue weighted by Gasteiger charge is -2.27. The summed E-state index contributed by atoms with van der Waals surface area (Å²) >= 11 is 0. The Kier molecular flexibility index (Phi) is 3.69. The lowest BCUT2D eigenvalue weighted by atomic mass is 9.78. The maximum absolute atomic E-state index is 11.8. The summed E-state index contributed by atoms with van der Waals surface area (Å²) in [7, 11) is 3.14. The standard InChI is InChI=1S/C15H20O4/c1-10-6-7-11(13(19-3)12(10)18-2)15(14(16)17)8-4-5-9-15/h6-7H,4-5,8-9H2,1-3H3,(H,16,17). The van der Waals surface area contributed by atoms with Crippen molar-refractivity contribution in [2.75, 3.05) is 14.2 Å². The molecule has 19 heavy (non-hydrogen) atoms. The van der Waals surface area contributed by atoms with Crippen molar-refractivity contribution in [2.45, 2.75) is 38.0 Å². The number of benzene rings is 1. The Bertz CT molecular complexity index is 487. The molecule has 0 saturated heterocycles. The molecule has 0 heterocycles. The van der Waals surface area contributed by atoms with Crippen LogP contribution in [-0.4, -0.2) is 25.3 Å². The third kappa shape index (κ3) is 2.05. The first-order chi connectivity index (χ1) is 9.06. The minimum absolute atomic E-state index is 0.562. The van der Waals surface area contributed by atoms with E-state index in [-0.39, 0.29) is 0 Å². The summed E-state index contributed by atoms with van der Waals surface area (Å²) in [5, 5.41) is 9.67. The first-order valence-electron chi connectivity index (χ1n) is 6.52. The monoisotopic (exact) mass is 264 g/mol. The molecule has 0 atom stereocenters. The molecule has 1 N–H and O–H groups in total. The highest BCUT2D eigenvalue weighted by atomic mass is 16.5. The molecule has 2 rings (SSSR count). The normalized spacial score (nSPS) is 17.2. The summed E-state index contributed by atoms with van der Waals surface area (Å²) in [6, 6.07) is 3.77. The van der Waals surface area contributed by atoms with Crippen LogP contribution in [0.5, 0.6) is 11.5 Å². The fraction of sp³-hybridized carbons (Fsp3) is 0.533. The Labute approximate surface area is 113 Å². The summed E-state index contributed by atoms with van der Waals surface area (Å²) in [6.45, 7) is 1.92. The summed E-state index contributed by atoms with van der Waals surface area (Å²) in [6.07, 6.45) is 3.19. The molecule has 1 aliphatic rings. The van der Waals surface area contributed by atoms with Crippen LogP contribution < -0.4 is 9.47 Å². The van der Waals surface area contributed by atoms with Gasteiger partial charge in [-0.25, -0.2) is 0 Å². The summed E-state index contributed by atoms with van der Waals surface area (Å²) in [4.78, 5) is 11.8. The molecule has 0 unspecified atom stereocenters. The minimum Gasteiger partial charge on any atom is -0.493 e.